The van der Waals surface area contributed by atoms with Gasteiger partial charge in [-0.1, -0.05) is 17.3 Å². The Bertz CT molecular complexity index is 747. The average molecular weight is 305 g/mol. The fraction of sp³-hybridized carbons (Fsp3) is 0.267. The third-order valence-corrected chi connectivity index (χ3v) is 3.98. The van der Waals surface area contributed by atoms with Crippen molar-refractivity contribution in [2.75, 3.05) is 13.2 Å². The van der Waals surface area contributed by atoms with Crippen LogP contribution in [0.3, 0.4) is 0 Å². The van der Waals surface area contributed by atoms with E-state index in [1.54, 1.807) is 17.4 Å². The molecule has 3 aromatic rings. The van der Waals surface area contributed by atoms with Crippen molar-refractivity contribution in [1.82, 2.24) is 5.16 Å². The number of aromatic nitrogens is 1. The first-order valence-electron chi connectivity index (χ1n) is 6.48. The molecule has 0 radical (unpaired) electrons. The molecule has 110 valence electrons. The zero-order valence-corrected chi connectivity index (χ0v) is 12.3. The first-order chi connectivity index (χ1) is 10.1. The Morgan fingerprint density at radius 1 is 1.38 bits per heavy atom. The van der Waals surface area contributed by atoms with Crippen molar-refractivity contribution >= 4 is 21.6 Å². The first-order valence-corrected chi connectivity index (χ1v) is 7.36. The Kier molecular flexibility index (Phi) is 3.67. The molecule has 0 aliphatic rings. The number of benzene rings is 1. The van der Waals surface area contributed by atoms with Gasteiger partial charge in [0.2, 0.25) is 0 Å². The number of aliphatic hydroxyl groups is 2. The molecule has 1 atom stereocenters. The number of nitrogens with zero attached hydrogens (tertiary/aromatic N) is 1. The van der Waals surface area contributed by atoms with E-state index in [0.717, 1.165) is 21.5 Å². The van der Waals surface area contributed by atoms with Gasteiger partial charge in [-0.05, 0) is 30.5 Å². The average Bonchev–Trinajstić information content (AvgIpc) is 3.08. The van der Waals surface area contributed by atoms with E-state index in [4.69, 9.17) is 14.4 Å². The van der Waals surface area contributed by atoms with E-state index >= 15 is 0 Å². The monoisotopic (exact) mass is 305 g/mol. The summed E-state index contributed by atoms with van der Waals surface area (Å²) in [6, 6.07) is 9.29. The summed E-state index contributed by atoms with van der Waals surface area (Å²) in [6.45, 7) is 1.18. The Labute approximate surface area is 125 Å². The lowest BCUT2D eigenvalue weighted by Crippen LogP contribution is -2.36. The van der Waals surface area contributed by atoms with Crippen molar-refractivity contribution in [3.05, 3.63) is 35.7 Å². The maximum atomic E-state index is 9.75. The number of hydrogen-bond acceptors (Lipinski definition) is 6. The van der Waals surface area contributed by atoms with Crippen LogP contribution in [-0.4, -0.2) is 34.2 Å². The van der Waals surface area contributed by atoms with E-state index in [-0.39, 0.29) is 13.2 Å². The minimum atomic E-state index is -1.26. The smallest absolute Gasteiger partial charge is 0.178 e. The molecular weight excluding hydrogens is 290 g/mol. The quantitative estimate of drug-likeness (QED) is 0.758. The number of hydrogen-bond donors (Lipinski definition) is 2. The molecule has 2 N–H and O–H groups in total. The molecule has 2 heterocycles. The van der Waals surface area contributed by atoms with Crippen LogP contribution in [0.15, 0.2) is 40.2 Å². The van der Waals surface area contributed by atoms with Gasteiger partial charge in [-0.15, -0.1) is 11.3 Å². The number of rotatable bonds is 5. The molecule has 0 saturated heterocycles. The van der Waals surface area contributed by atoms with Crippen LogP contribution in [-0.2, 0) is 0 Å². The summed E-state index contributed by atoms with van der Waals surface area (Å²) in [5.74, 6) is 0.605. The summed E-state index contributed by atoms with van der Waals surface area (Å²) < 4.78 is 11.8. The van der Waals surface area contributed by atoms with Gasteiger partial charge < -0.3 is 19.5 Å². The van der Waals surface area contributed by atoms with Crippen LogP contribution in [0.4, 0.5) is 0 Å². The first kappa shape index (κ1) is 14.1. The second kappa shape index (κ2) is 5.48. The van der Waals surface area contributed by atoms with Gasteiger partial charge in [0.05, 0.1) is 6.61 Å². The zero-order chi connectivity index (χ0) is 14.9. The van der Waals surface area contributed by atoms with Gasteiger partial charge in [0.1, 0.15) is 28.4 Å². The predicted octanol–water partition coefficient (Wildman–Crippen LogP) is 2.68. The van der Waals surface area contributed by atoms with Crippen LogP contribution >= 0.6 is 11.3 Å². The summed E-state index contributed by atoms with van der Waals surface area (Å²) in [7, 11) is 0. The third kappa shape index (κ3) is 2.92. The standard InChI is InChI=1S/C15H15NO4S/c1-15(18,8-17)9-19-11-4-2-3-10(7-11)13-14-12(20-16-13)5-6-21-14/h2-7,17-18H,8-9H2,1H3/t15-/m1/s1. The molecule has 0 fully saturated rings. The van der Waals surface area contributed by atoms with Gasteiger partial charge in [0, 0.05) is 5.56 Å². The summed E-state index contributed by atoms with van der Waals surface area (Å²) >= 11 is 1.57. The van der Waals surface area contributed by atoms with Gasteiger partial charge in [-0.25, -0.2) is 0 Å². The van der Waals surface area contributed by atoms with Crippen LogP contribution in [0.5, 0.6) is 5.75 Å². The van der Waals surface area contributed by atoms with Crippen LogP contribution in [0, 0.1) is 0 Å². The highest BCUT2D eigenvalue weighted by atomic mass is 32.1. The molecule has 1 aromatic carbocycles. The second-order valence-electron chi connectivity index (χ2n) is 5.12. The van der Waals surface area contributed by atoms with Gasteiger partial charge in [0.15, 0.2) is 5.58 Å². The van der Waals surface area contributed by atoms with Crippen LogP contribution in [0.25, 0.3) is 21.5 Å². The topological polar surface area (TPSA) is 75.7 Å². The van der Waals surface area contributed by atoms with Crippen molar-refractivity contribution in [1.29, 1.82) is 0 Å². The van der Waals surface area contributed by atoms with E-state index in [9.17, 15) is 5.11 Å². The molecular formula is C15H15NO4S. The largest absolute Gasteiger partial charge is 0.490 e. The fourth-order valence-corrected chi connectivity index (χ4v) is 2.70. The highest BCUT2D eigenvalue weighted by molar-refractivity contribution is 7.17. The van der Waals surface area contributed by atoms with Gasteiger partial charge in [0.25, 0.3) is 0 Å². The number of ether oxygens (including phenoxy) is 1. The van der Waals surface area contributed by atoms with Crippen molar-refractivity contribution in [3.8, 4) is 17.0 Å². The molecule has 0 unspecified atom stereocenters. The molecule has 2 aromatic heterocycles. The van der Waals surface area contributed by atoms with E-state index in [1.165, 1.54) is 6.92 Å². The number of fused-ring (bicyclic) bond motifs is 1. The predicted molar refractivity (Wildman–Crippen MR) is 80.5 cm³/mol. The SMILES string of the molecule is C[C@@](O)(CO)COc1cccc(-c2noc3ccsc23)c1. The Morgan fingerprint density at radius 3 is 3.05 bits per heavy atom. The summed E-state index contributed by atoms with van der Waals surface area (Å²) in [5, 5.41) is 24.8. The number of thiophene rings is 1. The highest BCUT2D eigenvalue weighted by Gasteiger charge is 2.20. The van der Waals surface area contributed by atoms with Crippen molar-refractivity contribution < 1.29 is 19.5 Å². The lowest BCUT2D eigenvalue weighted by molar-refractivity contribution is -0.0324. The van der Waals surface area contributed by atoms with Crippen molar-refractivity contribution in [2.24, 2.45) is 0 Å². The van der Waals surface area contributed by atoms with E-state index in [2.05, 4.69) is 5.16 Å². The molecule has 0 saturated carbocycles. The zero-order valence-electron chi connectivity index (χ0n) is 11.4. The maximum absolute atomic E-state index is 9.75. The van der Waals surface area contributed by atoms with E-state index < -0.39 is 5.60 Å². The molecule has 0 amide bonds. The minimum Gasteiger partial charge on any atom is -0.490 e. The molecule has 21 heavy (non-hydrogen) atoms. The Balaban J connectivity index is 1.85. The van der Waals surface area contributed by atoms with Gasteiger partial charge in [-0.2, -0.15) is 0 Å². The highest BCUT2D eigenvalue weighted by Crippen LogP contribution is 2.33. The van der Waals surface area contributed by atoms with Crippen LogP contribution in [0.1, 0.15) is 6.92 Å². The van der Waals surface area contributed by atoms with E-state index in [1.807, 2.05) is 29.6 Å². The Morgan fingerprint density at radius 2 is 2.24 bits per heavy atom. The molecule has 0 aliphatic carbocycles. The molecule has 6 heteroatoms. The van der Waals surface area contributed by atoms with Gasteiger partial charge in [-0.3, -0.25) is 0 Å². The van der Waals surface area contributed by atoms with Crippen LogP contribution in [0.2, 0.25) is 0 Å². The molecule has 5 nitrogen and oxygen atoms in total. The normalized spacial score (nSPS) is 14.2. The summed E-state index contributed by atoms with van der Waals surface area (Å²) in [4.78, 5) is 0. The summed E-state index contributed by atoms with van der Waals surface area (Å²) in [5.41, 5.74) is 1.17. The number of aliphatic hydroxyl groups excluding tert-OH is 1. The Hall–Kier alpha value is -1.89. The van der Waals surface area contributed by atoms with Crippen molar-refractivity contribution in [3.63, 3.8) is 0 Å². The van der Waals surface area contributed by atoms with Gasteiger partial charge >= 0.3 is 0 Å². The molecule has 0 spiro atoms. The molecule has 3 rings (SSSR count). The van der Waals surface area contributed by atoms with E-state index in [0.29, 0.717) is 5.75 Å². The minimum absolute atomic E-state index is 0.0141. The molecule has 0 aliphatic heterocycles. The third-order valence-electron chi connectivity index (χ3n) is 3.08. The lowest BCUT2D eigenvalue weighted by atomic mass is 10.1. The fourth-order valence-electron chi connectivity index (χ4n) is 1.88. The van der Waals surface area contributed by atoms with Crippen LogP contribution < -0.4 is 4.74 Å². The molecule has 0 bridgehead atoms. The second-order valence-corrected chi connectivity index (χ2v) is 6.03. The lowest BCUT2D eigenvalue weighted by Gasteiger charge is -2.20. The maximum Gasteiger partial charge on any atom is 0.178 e. The van der Waals surface area contributed by atoms with Crippen molar-refractivity contribution in [2.45, 2.75) is 12.5 Å². The summed E-state index contributed by atoms with van der Waals surface area (Å²) in [6.07, 6.45) is 0.